The van der Waals surface area contributed by atoms with Gasteiger partial charge in [-0.15, -0.1) is 0 Å². The minimum absolute atomic E-state index is 0.613. The fourth-order valence-corrected chi connectivity index (χ4v) is 1.12. The number of aromatic nitrogens is 2. The summed E-state index contributed by atoms with van der Waals surface area (Å²) >= 11 is 0. The average Bonchev–Trinajstić information content (AvgIpc) is 2.30. The highest BCUT2D eigenvalue weighted by atomic mass is 15.1. The highest BCUT2D eigenvalue weighted by Gasteiger charge is 2.20. The lowest BCUT2D eigenvalue weighted by atomic mass is 10.3. The van der Waals surface area contributed by atoms with Crippen LogP contribution in [0.1, 0.15) is 11.4 Å². The van der Waals surface area contributed by atoms with Crippen molar-refractivity contribution in [1.29, 1.82) is 0 Å². The predicted molar refractivity (Wildman–Crippen MR) is 42.4 cm³/mol. The van der Waals surface area contributed by atoms with Gasteiger partial charge in [-0.2, -0.15) is 0 Å². The molecule has 2 rings (SSSR count). The first-order valence-corrected chi connectivity index (χ1v) is 3.30. The van der Waals surface area contributed by atoms with Crippen LogP contribution in [0.25, 0.3) is 5.70 Å². The Kier molecular flexibility index (Phi) is 1.21. The van der Waals surface area contributed by atoms with E-state index in [4.69, 9.17) is 7.98 Å². The minimum atomic E-state index is 0.613. The summed E-state index contributed by atoms with van der Waals surface area (Å²) < 4.78 is 0. The molecule has 4 heteroatoms. The Labute approximate surface area is 66.2 Å². The van der Waals surface area contributed by atoms with Gasteiger partial charge in [0.15, 0.2) is 0 Å². The van der Waals surface area contributed by atoms with Crippen molar-refractivity contribution < 1.29 is 0 Å². The third kappa shape index (κ3) is 0.825. The van der Waals surface area contributed by atoms with Crippen molar-refractivity contribution in [2.24, 2.45) is 0 Å². The number of hydrogen-bond donors (Lipinski definition) is 0. The fraction of sp³-hybridized carbons (Fsp3) is 0.143. The molecule has 0 bridgehead atoms. The first-order valence-electron chi connectivity index (χ1n) is 3.30. The number of nitrogens with zero attached hydrogens (tertiary/aromatic N) is 3. The van der Waals surface area contributed by atoms with Crippen LogP contribution in [0.3, 0.4) is 0 Å². The second-order valence-corrected chi connectivity index (χ2v) is 2.43. The first-order chi connectivity index (χ1) is 5.29. The molecule has 0 atom stereocenters. The maximum Gasteiger partial charge on any atom is 0.227 e. The lowest BCUT2D eigenvalue weighted by molar-refractivity contribution is 0.648. The molecule has 0 spiro atoms. The standard InChI is InChI=1S/C7H6BN3/c1-5-7-6(4-11(5)8)9-2-3-10-7/h2-3H,1,4H2. The van der Waals surface area contributed by atoms with Gasteiger partial charge in [0.25, 0.3) is 0 Å². The van der Waals surface area contributed by atoms with Crippen LogP contribution in [-0.2, 0) is 6.54 Å². The van der Waals surface area contributed by atoms with Gasteiger partial charge in [-0.3, -0.25) is 9.97 Å². The van der Waals surface area contributed by atoms with Crippen molar-refractivity contribution in [1.82, 2.24) is 14.8 Å². The maximum atomic E-state index is 5.58. The van der Waals surface area contributed by atoms with Crippen molar-refractivity contribution in [2.75, 3.05) is 0 Å². The van der Waals surface area contributed by atoms with E-state index in [1.165, 1.54) is 0 Å². The molecule has 0 saturated carbocycles. The summed E-state index contributed by atoms with van der Waals surface area (Å²) in [6.07, 6.45) is 3.30. The van der Waals surface area contributed by atoms with Gasteiger partial charge in [0.2, 0.25) is 7.98 Å². The van der Waals surface area contributed by atoms with Crippen LogP contribution in [-0.4, -0.2) is 22.8 Å². The van der Waals surface area contributed by atoms with Gasteiger partial charge in [0, 0.05) is 24.6 Å². The largest absolute Gasteiger partial charge is 0.418 e. The third-order valence-corrected chi connectivity index (χ3v) is 1.71. The van der Waals surface area contributed by atoms with E-state index in [9.17, 15) is 0 Å². The van der Waals surface area contributed by atoms with Gasteiger partial charge in [-0.05, 0) is 0 Å². The highest BCUT2D eigenvalue weighted by molar-refractivity contribution is 6.10. The molecule has 11 heavy (non-hydrogen) atoms. The predicted octanol–water partition coefficient (Wildman–Crippen LogP) is 0.346. The molecule has 1 aromatic rings. The summed E-state index contributed by atoms with van der Waals surface area (Å²) in [4.78, 5) is 9.77. The van der Waals surface area contributed by atoms with Crippen molar-refractivity contribution >= 4 is 13.7 Å². The zero-order valence-corrected chi connectivity index (χ0v) is 5.99. The summed E-state index contributed by atoms with van der Waals surface area (Å²) in [7, 11) is 5.58. The lowest BCUT2D eigenvalue weighted by Gasteiger charge is -2.09. The maximum absolute atomic E-state index is 5.58. The van der Waals surface area contributed by atoms with E-state index in [1.54, 1.807) is 17.2 Å². The van der Waals surface area contributed by atoms with E-state index in [1.807, 2.05) is 0 Å². The average molecular weight is 143 g/mol. The van der Waals surface area contributed by atoms with Crippen LogP contribution >= 0.6 is 0 Å². The van der Waals surface area contributed by atoms with E-state index < -0.39 is 0 Å². The van der Waals surface area contributed by atoms with E-state index >= 15 is 0 Å². The lowest BCUT2D eigenvalue weighted by Crippen LogP contribution is -2.08. The Balaban J connectivity index is 2.55. The van der Waals surface area contributed by atoms with Crippen molar-refractivity contribution in [3.8, 4) is 0 Å². The van der Waals surface area contributed by atoms with Gasteiger partial charge in [0.05, 0.1) is 5.69 Å². The zero-order valence-electron chi connectivity index (χ0n) is 5.99. The Hall–Kier alpha value is -1.32. The van der Waals surface area contributed by atoms with Gasteiger partial charge >= 0.3 is 0 Å². The molecule has 0 N–H and O–H groups in total. The Morgan fingerprint density at radius 1 is 1.45 bits per heavy atom. The summed E-state index contributed by atoms with van der Waals surface area (Å²) in [5.74, 6) is 0. The van der Waals surface area contributed by atoms with Crippen molar-refractivity contribution in [3.63, 3.8) is 0 Å². The molecule has 1 aliphatic rings. The molecular formula is C7H6BN3. The normalized spacial score (nSPS) is 15.3. The quantitative estimate of drug-likeness (QED) is 0.490. The number of rotatable bonds is 0. The molecule has 52 valence electrons. The summed E-state index contributed by atoms with van der Waals surface area (Å²) in [5.41, 5.74) is 2.46. The summed E-state index contributed by atoms with van der Waals surface area (Å²) in [6.45, 7) is 4.39. The molecule has 0 aromatic carbocycles. The summed E-state index contributed by atoms with van der Waals surface area (Å²) in [5, 5.41) is 0. The van der Waals surface area contributed by atoms with Crippen LogP contribution in [0, 0.1) is 0 Å². The van der Waals surface area contributed by atoms with Crippen LogP contribution in [0.5, 0.6) is 0 Å². The Morgan fingerprint density at radius 2 is 2.18 bits per heavy atom. The zero-order chi connectivity index (χ0) is 7.84. The second-order valence-electron chi connectivity index (χ2n) is 2.43. The van der Waals surface area contributed by atoms with E-state index in [0.29, 0.717) is 6.54 Å². The molecule has 0 amide bonds. The summed E-state index contributed by atoms with van der Waals surface area (Å²) in [6, 6.07) is 0. The van der Waals surface area contributed by atoms with Crippen LogP contribution in [0.15, 0.2) is 19.0 Å². The molecule has 2 heterocycles. The molecule has 3 nitrogen and oxygen atoms in total. The fourth-order valence-electron chi connectivity index (χ4n) is 1.12. The van der Waals surface area contributed by atoms with Crippen LogP contribution in [0.2, 0.25) is 0 Å². The van der Waals surface area contributed by atoms with Crippen molar-refractivity contribution in [2.45, 2.75) is 6.54 Å². The smallest absolute Gasteiger partial charge is 0.227 e. The van der Waals surface area contributed by atoms with Crippen LogP contribution < -0.4 is 0 Å². The first kappa shape index (κ1) is 6.40. The molecule has 1 aliphatic heterocycles. The molecule has 1 aromatic heterocycles. The topological polar surface area (TPSA) is 29.0 Å². The van der Waals surface area contributed by atoms with E-state index in [2.05, 4.69) is 16.5 Å². The van der Waals surface area contributed by atoms with Gasteiger partial charge in [0.1, 0.15) is 5.69 Å². The number of fused-ring (bicyclic) bond motifs is 1. The minimum Gasteiger partial charge on any atom is -0.418 e. The van der Waals surface area contributed by atoms with Gasteiger partial charge in [-0.25, -0.2) is 0 Å². The molecule has 0 aliphatic carbocycles. The Morgan fingerprint density at radius 3 is 2.91 bits per heavy atom. The molecule has 2 radical (unpaired) electrons. The second kappa shape index (κ2) is 2.08. The van der Waals surface area contributed by atoms with Gasteiger partial charge in [-0.1, -0.05) is 6.58 Å². The van der Waals surface area contributed by atoms with E-state index in [-0.39, 0.29) is 0 Å². The number of hydrogen-bond acceptors (Lipinski definition) is 3. The molecular weight excluding hydrogens is 137 g/mol. The molecule has 0 saturated heterocycles. The molecule has 0 unspecified atom stereocenters. The van der Waals surface area contributed by atoms with E-state index in [0.717, 1.165) is 17.1 Å². The molecule has 0 fully saturated rings. The van der Waals surface area contributed by atoms with Crippen molar-refractivity contribution in [3.05, 3.63) is 30.4 Å². The highest BCUT2D eigenvalue weighted by Crippen LogP contribution is 2.24. The SMILES string of the molecule is [B]N1Cc2nccnc2C1=C. The van der Waals surface area contributed by atoms with Gasteiger partial charge < -0.3 is 4.81 Å². The Bertz CT molecular complexity index is 310. The van der Waals surface area contributed by atoms with Crippen LogP contribution in [0.4, 0.5) is 0 Å². The monoisotopic (exact) mass is 143 g/mol. The third-order valence-electron chi connectivity index (χ3n) is 1.71.